The third-order valence-electron chi connectivity index (χ3n) is 2.78. The molecule has 15 heavy (non-hydrogen) atoms. The van der Waals surface area contributed by atoms with Gasteiger partial charge in [0.05, 0.1) is 12.7 Å². The van der Waals surface area contributed by atoms with E-state index in [1.54, 1.807) is 11.7 Å². The highest BCUT2D eigenvalue weighted by atomic mass is 79.9. The molecule has 84 valence electrons. The molecule has 1 saturated heterocycles. The molecule has 0 spiro atoms. The second-order valence-corrected chi connectivity index (χ2v) is 4.72. The van der Waals surface area contributed by atoms with E-state index in [1.807, 2.05) is 6.92 Å². The Kier molecular flexibility index (Phi) is 3.08. The van der Waals surface area contributed by atoms with Crippen LogP contribution in [0.3, 0.4) is 0 Å². The van der Waals surface area contributed by atoms with Crippen LogP contribution < -0.4 is 0 Å². The van der Waals surface area contributed by atoms with Gasteiger partial charge < -0.3 is 9.84 Å². The van der Waals surface area contributed by atoms with E-state index in [4.69, 9.17) is 4.74 Å². The highest BCUT2D eigenvalue weighted by Gasteiger charge is 2.32. The molecule has 2 rings (SSSR count). The summed E-state index contributed by atoms with van der Waals surface area (Å²) in [5, 5.41) is 17.9. The number of hydrogen-bond donors (Lipinski definition) is 1. The maximum atomic E-state index is 10.2. The van der Waals surface area contributed by atoms with E-state index >= 15 is 0 Å². The highest BCUT2D eigenvalue weighted by molar-refractivity contribution is 9.10. The molecule has 0 radical (unpaired) electrons. The summed E-state index contributed by atoms with van der Waals surface area (Å²) in [6.07, 6.45) is 0.535. The van der Waals surface area contributed by atoms with Gasteiger partial charge in [0, 0.05) is 13.0 Å². The Morgan fingerprint density at radius 1 is 1.67 bits per heavy atom. The minimum absolute atomic E-state index is 0.133. The largest absolute Gasteiger partial charge is 0.386 e. The van der Waals surface area contributed by atoms with Crippen LogP contribution in [0.15, 0.2) is 4.60 Å². The second kappa shape index (κ2) is 4.19. The molecule has 1 aliphatic rings. The predicted molar refractivity (Wildman–Crippen MR) is 57.2 cm³/mol. The summed E-state index contributed by atoms with van der Waals surface area (Å²) < 4.78 is 7.64. The minimum Gasteiger partial charge on any atom is -0.386 e. The average molecular weight is 276 g/mol. The molecular weight excluding hydrogens is 262 g/mol. The van der Waals surface area contributed by atoms with Gasteiger partial charge in [-0.15, -0.1) is 5.10 Å². The standard InChI is InChI=1S/C9H14BrN3O2/c1-5-3-6(4-15-5)8(14)7-9(10)11-12-13(7)2/h5-6,8,14H,3-4H2,1-2H3. The minimum atomic E-state index is -0.565. The Bertz CT molecular complexity index is 336. The summed E-state index contributed by atoms with van der Waals surface area (Å²) in [5.74, 6) is 0.133. The zero-order chi connectivity index (χ0) is 11.0. The van der Waals surface area contributed by atoms with Gasteiger partial charge in [-0.1, -0.05) is 5.21 Å². The maximum Gasteiger partial charge on any atom is 0.154 e. The number of rotatable bonds is 2. The van der Waals surface area contributed by atoms with Crippen molar-refractivity contribution >= 4 is 15.9 Å². The van der Waals surface area contributed by atoms with E-state index in [9.17, 15) is 5.11 Å². The van der Waals surface area contributed by atoms with E-state index in [0.717, 1.165) is 12.1 Å². The molecule has 0 bridgehead atoms. The monoisotopic (exact) mass is 275 g/mol. The van der Waals surface area contributed by atoms with Gasteiger partial charge >= 0.3 is 0 Å². The predicted octanol–water partition coefficient (Wildman–Crippen LogP) is 1.04. The Morgan fingerprint density at radius 2 is 2.40 bits per heavy atom. The molecule has 0 aliphatic carbocycles. The normalized spacial score (nSPS) is 28.3. The number of ether oxygens (including phenoxy) is 1. The van der Waals surface area contributed by atoms with Crippen LogP contribution in [-0.4, -0.2) is 32.8 Å². The number of aliphatic hydroxyl groups is 1. The molecule has 0 saturated carbocycles. The van der Waals surface area contributed by atoms with Crippen molar-refractivity contribution in [2.24, 2.45) is 13.0 Å². The number of hydrogen-bond acceptors (Lipinski definition) is 4. The van der Waals surface area contributed by atoms with Gasteiger partial charge in [0.2, 0.25) is 0 Å². The number of halogens is 1. The van der Waals surface area contributed by atoms with Crippen LogP contribution in [0.2, 0.25) is 0 Å². The fourth-order valence-electron chi connectivity index (χ4n) is 1.95. The number of nitrogens with zero attached hydrogens (tertiary/aromatic N) is 3. The van der Waals surface area contributed by atoms with E-state index < -0.39 is 6.10 Å². The molecular formula is C9H14BrN3O2. The first-order valence-electron chi connectivity index (χ1n) is 4.94. The zero-order valence-electron chi connectivity index (χ0n) is 8.72. The first-order chi connectivity index (χ1) is 7.09. The molecule has 1 fully saturated rings. The lowest BCUT2D eigenvalue weighted by Gasteiger charge is -2.16. The summed E-state index contributed by atoms with van der Waals surface area (Å²) in [7, 11) is 1.77. The Balaban J connectivity index is 2.17. The number of aryl methyl sites for hydroxylation is 1. The second-order valence-electron chi connectivity index (χ2n) is 3.97. The zero-order valence-corrected chi connectivity index (χ0v) is 10.3. The third kappa shape index (κ3) is 2.07. The lowest BCUT2D eigenvalue weighted by Crippen LogP contribution is -2.16. The first kappa shape index (κ1) is 11.0. The van der Waals surface area contributed by atoms with Crippen molar-refractivity contribution in [2.75, 3.05) is 6.61 Å². The smallest absolute Gasteiger partial charge is 0.154 e. The van der Waals surface area contributed by atoms with Crippen LogP contribution in [-0.2, 0) is 11.8 Å². The Hall–Kier alpha value is -0.460. The fourth-order valence-corrected chi connectivity index (χ4v) is 2.51. The van der Waals surface area contributed by atoms with Gasteiger partial charge in [-0.3, -0.25) is 0 Å². The van der Waals surface area contributed by atoms with Gasteiger partial charge in [-0.2, -0.15) is 0 Å². The highest BCUT2D eigenvalue weighted by Crippen LogP contribution is 2.33. The van der Waals surface area contributed by atoms with Crippen LogP contribution in [0.4, 0.5) is 0 Å². The summed E-state index contributed by atoms with van der Waals surface area (Å²) in [4.78, 5) is 0. The molecule has 1 aliphatic heterocycles. The van der Waals surface area contributed by atoms with Crippen molar-refractivity contribution in [3.05, 3.63) is 10.3 Å². The Morgan fingerprint density at radius 3 is 2.87 bits per heavy atom. The van der Waals surface area contributed by atoms with Crippen LogP contribution >= 0.6 is 15.9 Å². The summed E-state index contributed by atoms with van der Waals surface area (Å²) in [5.41, 5.74) is 0.720. The van der Waals surface area contributed by atoms with Crippen molar-refractivity contribution in [2.45, 2.75) is 25.6 Å². The van der Waals surface area contributed by atoms with Gasteiger partial charge in [0.25, 0.3) is 0 Å². The Labute approximate surface area is 96.6 Å². The molecule has 5 nitrogen and oxygen atoms in total. The lowest BCUT2D eigenvalue weighted by molar-refractivity contribution is 0.0755. The van der Waals surface area contributed by atoms with Crippen LogP contribution in [0.5, 0.6) is 0 Å². The molecule has 3 unspecified atom stereocenters. The van der Waals surface area contributed by atoms with Crippen LogP contribution in [0, 0.1) is 5.92 Å². The molecule has 3 atom stereocenters. The first-order valence-corrected chi connectivity index (χ1v) is 5.73. The summed E-state index contributed by atoms with van der Waals surface area (Å²) in [6, 6.07) is 0. The van der Waals surface area contributed by atoms with Gasteiger partial charge in [-0.05, 0) is 29.3 Å². The van der Waals surface area contributed by atoms with Gasteiger partial charge in [0.1, 0.15) is 11.8 Å². The van der Waals surface area contributed by atoms with Crippen molar-refractivity contribution in [1.29, 1.82) is 0 Å². The summed E-state index contributed by atoms with van der Waals surface area (Å²) in [6.45, 7) is 2.61. The molecule has 1 aromatic rings. The van der Waals surface area contributed by atoms with Crippen molar-refractivity contribution in [3.8, 4) is 0 Å². The molecule has 1 aromatic heterocycles. The van der Waals surface area contributed by atoms with Crippen molar-refractivity contribution < 1.29 is 9.84 Å². The maximum absolute atomic E-state index is 10.2. The fraction of sp³-hybridized carbons (Fsp3) is 0.778. The van der Waals surface area contributed by atoms with Gasteiger partial charge in [0.15, 0.2) is 4.60 Å². The molecule has 1 N–H and O–H groups in total. The number of aromatic nitrogens is 3. The van der Waals surface area contributed by atoms with Crippen LogP contribution in [0.1, 0.15) is 25.1 Å². The topological polar surface area (TPSA) is 60.2 Å². The van der Waals surface area contributed by atoms with Crippen molar-refractivity contribution in [1.82, 2.24) is 15.0 Å². The van der Waals surface area contributed by atoms with E-state index in [0.29, 0.717) is 11.2 Å². The lowest BCUT2D eigenvalue weighted by atomic mass is 9.97. The summed E-state index contributed by atoms with van der Waals surface area (Å²) >= 11 is 3.28. The third-order valence-corrected chi connectivity index (χ3v) is 3.35. The SMILES string of the molecule is CC1CC(C(O)c2c(Br)nnn2C)CO1. The molecule has 6 heteroatoms. The molecule has 0 amide bonds. The number of aliphatic hydroxyl groups excluding tert-OH is 1. The van der Waals surface area contributed by atoms with E-state index in [1.165, 1.54) is 0 Å². The van der Waals surface area contributed by atoms with E-state index in [2.05, 4.69) is 26.2 Å². The molecule has 0 aromatic carbocycles. The quantitative estimate of drug-likeness (QED) is 0.876. The average Bonchev–Trinajstić information content (AvgIpc) is 2.73. The molecule has 2 heterocycles. The van der Waals surface area contributed by atoms with E-state index in [-0.39, 0.29) is 12.0 Å². The van der Waals surface area contributed by atoms with Crippen molar-refractivity contribution in [3.63, 3.8) is 0 Å². The van der Waals surface area contributed by atoms with Gasteiger partial charge in [-0.25, -0.2) is 4.68 Å². The van der Waals surface area contributed by atoms with Crippen LogP contribution in [0.25, 0.3) is 0 Å².